The Morgan fingerprint density at radius 2 is 1.63 bits per heavy atom. The number of hydrogen-bond donors (Lipinski definition) is 0. The third-order valence-corrected chi connectivity index (χ3v) is 7.56. The minimum Gasteiger partial charge on any atom is -0.207 e. The molecule has 1 fully saturated rings. The molecule has 1 heterocycles. The molecule has 1 saturated heterocycles. The number of nitrogens with zero attached hydrogens (tertiary/aromatic N) is 1. The van der Waals surface area contributed by atoms with E-state index in [1.807, 2.05) is 19.1 Å². The first-order valence-corrected chi connectivity index (χ1v) is 11.5. The Labute approximate surface area is 164 Å². The van der Waals surface area contributed by atoms with E-state index < -0.39 is 10.0 Å². The Kier molecular flexibility index (Phi) is 6.72. The Morgan fingerprint density at radius 3 is 2.30 bits per heavy atom. The molecule has 3 nitrogen and oxygen atoms in total. The van der Waals surface area contributed by atoms with Gasteiger partial charge in [0.15, 0.2) is 0 Å². The van der Waals surface area contributed by atoms with Gasteiger partial charge in [0.1, 0.15) is 0 Å². The van der Waals surface area contributed by atoms with Crippen LogP contribution in [0.4, 0.5) is 0 Å². The fourth-order valence-corrected chi connectivity index (χ4v) is 5.40. The van der Waals surface area contributed by atoms with E-state index in [0.29, 0.717) is 23.9 Å². The van der Waals surface area contributed by atoms with Gasteiger partial charge in [0.25, 0.3) is 0 Å². The zero-order valence-electron chi connectivity index (χ0n) is 16.5. The standard InChI is InChI=1S/C23H31NO2S/c1-19-10-12-23(13-11-19)27(25,26)24-16-14-21(15-17-24)7-3-4-8-22-9-5-6-20(2)18-22/h5-6,9-13,18,21H,3-4,7-8,14-17H2,1-2H3. The van der Waals surface area contributed by atoms with Crippen LogP contribution in [0, 0.1) is 19.8 Å². The maximum Gasteiger partial charge on any atom is 0.243 e. The van der Waals surface area contributed by atoms with Crippen LogP contribution in [0.25, 0.3) is 0 Å². The third kappa shape index (κ3) is 5.43. The van der Waals surface area contributed by atoms with Crippen LogP contribution in [0.2, 0.25) is 0 Å². The van der Waals surface area contributed by atoms with E-state index in [4.69, 9.17) is 0 Å². The van der Waals surface area contributed by atoms with Crippen LogP contribution in [0.1, 0.15) is 48.8 Å². The molecule has 2 aromatic carbocycles. The van der Waals surface area contributed by atoms with Crippen LogP contribution in [-0.4, -0.2) is 25.8 Å². The molecular weight excluding hydrogens is 354 g/mol. The van der Waals surface area contributed by atoms with Gasteiger partial charge in [0, 0.05) is 13.1 Å². The van der Waals surface area contributed by atoms with Crippen molar-refractivity contribution in [2.75, 3.05) is 13.1 Å². The highest BCUT2D eigenvalue weighted by atomic mass is 32.2. The SMILES string of the molecule is Cc1ccc(S(=O)(=O)N2CCC(CCCCc3cccc(C)c3)CC2)cc1. The predicted octanol–water partition coefficient (Wildman–Crippen LogP) is 5.12. The minimum absolute atomic E-state index is 0.421. The highest BCUT2D eigenvalue weighted by Gasteiger charge is 2.29. The molecule has 0 unspecified atom stereocenters. The van der Waals surface area contributed by atoms with Gasteiger partial charge in [0.2, 0.25) is 10.0 Å². The number of piperidine rings is 1. The summed E-state index contributed by atoms with van der Waals surface area (Å²) >= 11 is 0. The van der Waals surface area contributed by atoms with E-state index in [2.05, 4.69) is 31.2 Å². The Morgan fingerprint density at radius 1 is 0.926 bits per heavy atom. The molecule has 0 spiro atoms. The van der Waals surface area contributed by atoms with Gasteiger partial charge >= 0.3 is 0 Å². The molecule has 1 aliphatic rings. The average molecular weight is 386 g/mol. The lowest BCUT2D eigenvalue weighted by Gasteiger charge is -2.31. The first-order chi connectivity index (χ1) is 12.9. The maximum atomic E-state index is 12.8. The van der Waals surface area contributed by atoms with E-state index in [9.17, 15) is 8.42 Å². The number of rotatable bonds is 7. The number of benzene rings is 2. The van der Waals surface area contributed by atoms with Gasteiger partial charge in [0.05, 0.1) is 4.90 Å². The summed E-state index contributed by atoms with van der Waals surface area (Å²) in [7, 11) is -3.33. The summed E-state index contributed by atoms with van der Waals surface area (Å²) in [5.41, 5.74) is 3.84. The summed E-state index contributed by atoms with van der Waals surface area (Å²) in [5, 5.41) is 0. The van der Waals surface area contributed by atoms with Gasteiger partial charge in [-0.15, -0.1) is 0 Å². The van der Waals surface area contributed by atoms with Crippen molar-refractivity contribution < 1.29 is 8.42 Å². The number of hydrogen-bond acceptors (Lipinski definition) is 2. The first-order valence-electron chi connectivity index (χ1n) is 10.1. The largest absolute Gasteiger partial charge is 0.243 e. The van der Waals surface area contributed by atoms with Crippen LogP contribution in [0.3, 0.4) is 0 Å². The molecule has 1 aliphatic heterocycles. The molecule has 0 radical (unpaired) electrons. The van der Waals surface area contributed by atoms with Crippen LogP contribution in [0.5, 0.6) is 0 Å². The molecule has 0 atom stereocenters. The fourth-order valence-electron chi connectivity index (χ4n) is 3.93. The zero-order valence-corrected chi connectivity index (χ0v) is 17.3. The quantitative estimate of drug-likeness (QED) is 0.621. The number of aryl methyl sites for hydroxylation is 3. The van der Waals surface area contributed by atoms with Gasteiger partial charge in [-0.2, -0.15) is 4.31 Å². The van der Waals surface area contributed by atoms with Crippen molar-refractivity contribution >= 4 is 10.0 Å². The molecule has 0 N–H and O–H groups in total. The summed E-state index contributed by atoms with van der Waals surface area (Å²) < 4.78 is 27.2. The highest BCUT2D eigenvalue weighted by molar-refractivity contribution is 7.89. The second kappa shape index (κ2) is 9.03. The zero-order chi connectivity index (χ0) is 19.3. The minimum atomic E-state index is -3.33. The van der Waals surface area contributed by atoms with Gasteiger partial charge in [-0.3, -0.25) is 0 Å². The van der Waals surface area contributed by atoms with Crippen molar-refractivity contribution in [1.82, 2.24) is 4.31 Å². The lowest BCUT2D eigenvalue weighted by Crippen LogP contribution is -2.38. The van der Waals surface area contributed by atoms with E-state index in [1.165, 1.54) is 30.4 Å². The van der Waals surface area contributed by atoms with Crippen LogP contribution >= 0.6 is 0 Å². The third-order valence-electron chi connectivity index (χ3n) is 5.64. The summed E-state index contributed by atoms with van der Waals surface area (Å²) in [6.45, 7) is 5.42. The van der Waals surface area contributed by atoms with Crippen LogP contribution < -0.4 is 0 Å². The molecule has 0 aromatic heterocycles. The second-order valence-corrected chi connectivity index (χ2v) is 9.83. The summed E-state index contributed by atoms with van der Waals surface area (Å²) in [4.78, 5) is 0.421. The van der Waals surface area contributed by atoms with Gasteiger partial charge < -0.3 is 0 Å². The lowest BCUT2D eigenvalue weighted by atomic mass is 9.91. The van der Waals surface area contributed by atoms with Crippen molar-refractivity contribution in [3.63, 3.8) is 0 Å². The second-order valence-electron chi connectivity index (χ2n) is 7.90. The molecule has 4 heteroatoms. The maximum absolute atomic E-state index is 12.8. The van der Waals surface area contributed by atoms with Gasteiger partial charge in [-0.1, -0.05) is 60.4 Å². The molecule has 27 heavy (non-hydrogen) atoms. The molecule has 2 aromatic rings. The molecule has 146 valence electrons. The van der Waals surface area contributed by atoms with Crippen LogP contribution in [0.15, 0.2) is 53.4 Å². The van der Waals surface area contributed by atoms with Crippen molar-refractivity contribution in [1.29, 1.82) is 0 Å². The molecule has 0 aliphatic carbocycles. The summed E-state index contributed by atoms with van der Waals surface area (Å²) in [6, 6.07) is 15.9. The Balaban J connectivity index is 1.43. The van der Waals surface area contributed by atoms with Gasteiger partial charge in [-0.25, -0.2) is 8.42 Å². The van der Waals surface area contributed by atoms with Crippen molar-refractivity contribution in [3.8, 4) is 0 Å². The summed E-state index contributed by atoms with van der Waals surface area (Å²) in [6.07, 6.45) is 6.76. The predicted molar refractivity (Wildman–Crippen MR) is 111 cm³/mol. The summed E-state index contributed by atoms with van der Waals surface area (Å²) in [5.74, 6) is 0.659. The molecule has 0 amide bonds. The van der Waals surface area contributed by atoms with E-state index in [-0.39, 0.29) is 0 Å². The molecular formula is C23H31NO2S. The fraction of sp³-hybridized carbons (Fsp3) is 0.478. The first kappa shape index (κ1) is 20.1. The number of sulfonamides is 1. The van der Waals surface area contributed by atoms with Crippen LogP contribution in [-0.2, 0) is 16.4 Å². The van der Waals surface area contributed by atoms with E-state index in [1.54, 1.807) is 16.4 Å². The molecule has 0 saturated carbocycles. The molecule has 0 bridgehead atoms. The van der Waals surface area contributed by atoms with Crippen molar-refractivity contribution in [2.24, 2.45) is 5.92 Å². The Hall–Kier alpha value is -1.65. The molecule has 3 rings (SSSR count). The smallest absolute Gasteiger partial charge is 0.207 e. The van der Waals surface area contributed by atoms with Crippen molar-refractivity contribution in [3.05, 3.63) is 65.2 Å². The van der Waals surface area contributed by atoms with E-state index in [0.717, 1.165) is 24.8 Å². The Bertz CT molecular complexity index is 835. The monoisotopic (exact) mass is 385 g/mol. The lowest BCUT2D eigenvalue weighted by molar-refractivity contribution is 0.259. The average Bonchev–Trinajstić information content (AvgIpc) is 2.66. The normalized spacial score (nSPS) is 16.5. The highest BCUT2D eigenvalue weighted by Crippen LogP contribution is 2.27. The van der Waals surface area contributed by atoms with E-state index >= 15 is 0 Å². The van der Waals surface area contributed by atoms with Gasteiger partial charge in [-0.05, 0) is 63.1 Å². The number of unbranched alkanes of at least 4 members (excludes halogenated alkanes) is 1. The van der Waals surface area contributed by atoms with Crippen molar-refractivity contribution in [2.45, 2.75) is 57.3 Å². The topological polar surface area (TPSA) is 37.4 Å².